The Morgan fingerprint density at radius 3 is 3.43 bits per heavy atom. The molecular weight excluding hydrogens is 174 g/mol. The van der Waals surface area contributed by atoms with Gasteiger partial charge in [0.05, 0.1) is 17.9 Å². The molecule has 0 amide bonds. The Bertz CT molecular complexity index is 316. The highest BCUT2D eigenvalue weighted by atomic mass is 16.5. The highest BCUT2D eigenvalue weighted by Gasteiger charge is 2.33. The van der Waals surface area contributed by atoms with Crippen molar-refractivity contribution in [3.63, 3.8) is 0 Å². The van der Waals surface area contributed by atoms with Crippen LogP contribution in [0.25, 0.3) is 0 Å². The lowest BCUT2D eigenvalue weighted by Gasteiger charge is -2.36. The average molecular weight is 187 g/mol. The Kier molecular flexibility index (Phi) is 2.02. The van der Waals surface area contributed by atoms with E-state index in [1.165, 1.54) is 6.42 Å². The van der Waals surface area contributed by atoms with Crippen molar-refractivity contribution in [2.45, 2.75) is 37.5 Å². The summed E-state index contributed by atoms with van der Waals surface area (Å²) in [6.07, 6.45) is 15.3. The fraction of sp³-hybridized carbons (Fsp3) is 0.500. The molecule has 72 valence electrons. The van der Waals surface area contributed by atoms with Gasteiger partial charge < -0.3 is 4.74 Å². The molecule has 1 aliphatic heterocycles. The molecule has 2 nitrogen and oxygen atoms in total. The maximum absolute atomic E-state index is 5.96. The van der Waals surface area contributed by atoms with Gasteiger partial charge in [0.25, 0.3) is 0 Å². The number of ether oxygens (including phenoxy) is 1. The molecule has 2 heteroatoms. The molecule has 0 aromatic carbocycles. The highest BCUT2D eigenvalue weighted by Crippen LogP contribution is 2.29. The van der Waals surface area contributed by atoms with E-state index in [1.54, 1.807) is 0 Å². The molecular formula is C12H13NO. The molecule has 1 fully saturated rings. The zero-order valence-electron chi connectivity index (χ0n) is 8.02. The Labute approximate surface area is 84.4 Å². The van der Waals surface area contributed by atoms with Crippen LogP contribution in [0, 0.1) is 6.42 Å². The van der Waals surface area contributed by atoms with Gasteiger partial charge in [-0.3, -0.25) is 4.99 Å². The molecule has 14 heavy (non-hydrogen) atoms. The van der Waals surface area contributed by atoms with E-state index in [1.807, 2.05) is 18.2 Å². The van der Waals surface area contributed by atoms with E-state index >= 15 is 0 Å². The van der Waals surface area contributed by atoms with Crippen molar-refractivity contribution >= 4 is 5.71 Å². The van der Waals surface area contributed by atoms with Crippen LogP contribution in [-0.2, 0) is 4.74 Å². The second-order valence-corrected chi connectivity index (χ2v) is 3.93. The van der Waals surface area contributed by atoms with E-state index in [4.69, 9.17) is 4.74 Å². The van der Waals surface area contributed by atoms with Crippen LogP contribution in [0.5, 0.6) is 0 Å². The monoisotopic (exact) mass is 187 g/mol. The summed E-state index contributed by atoms with van der Waals surface area (Å²) in [6.45, 7) is 0. The molecule has 0 spiro atoms. The van der Waals surface area contributed by atoms with Crippen LogP contribution < -0.4 is 0 Å². The van der Waals surface area contributed by atoms with Crippen molar-refractivity contribution in [2.24, 2.45) is 4.99 Å². The van der Waals surface area contributed by atoms with Gasteiger partial charge in [-0.2, -0.15) is 0 Å². The van der Waals surface area contributed by atoms with Gasteiger partial charge in [0.1, 0.15) is 6.10 Å². The molecule has 3 atom stereocenters. The predicted octanol–water partition coefficient (Wildman–Crippen LogP) is 1.95. The van der Waals surface area contributed by atoms with Crippen LogP contribution in [-0.4, -0.2) is 24.0 Å². The fourth-order valence-electron chi connectivity index (χ4n) is 2.21. The SMILES string of the molecule is [C]1CCCC2OC3C=CC=CC3=NC12. The molecule has 0 N–H and O–H groups in total. The molecule has 0 aromatic rings. The van der Waals surface area contributed by atoms with Gasteiger partial charge in [-0.1, -0.05) is 18.6 Å². The minimum Gasteiger partial charge on any atom is -0.362 e. The Hall–Kier alpha value is -0.890. The van der Waals surface area contributed by atoms with Crippen LogP contribution in [0.4, 0.5) is 0 Å². The van der Waals surface area contributed by atoms with Crippen LogP contribution in [0.3, 0.4) is 0 Å². The summed E-state index contributed by atoms with van der Waals surface area (Å²) < 4.78 is 5.96. The van der Waals surface area contributed by atoms with E-state index in [0.717, 1.165) is 18.6 Å². The first kappa shape index (κ1) is 8.42. The number of hydrogen-bond donors (Lipinski definition) is 0. The third kappa shape index (κ3) is 1.34. The van der Waals surface area contributed by atoms with Gasteiger partial charge in [-0.05, 0) is 25.0 Å². The number of allylic oxidation sites excluding steroid dienone is 2. The number of hydrogen-bond acceptors (Lipinski definition) is 2. The fourth-order valence-corrected chi connectivity index (χ4v) is 2.21. The van der Waals surface area contributed by atoms with Crippen LogP contribution >= 0.6 is 0 Å². The summed E-state index contributed by atoms with van der Waals surface area (Å²) in [5.41, 5.74) is 1.06. The van der Waals surface area contributed by atoms with Crippen LogP contribution in [0.15, 0.2) is 29.3 Å². The highest BCUT2D eigenvalue weighted by molar-refractivity contribution is 6.01. The molecule has 3 unspecified atom stereocenters. The second-order valence-electron chi connectivity index (χ2n) is 3.93. The maximum Gasteiger partial charge on any atom is 0.118 e. The van der Waals surface area contributed by atoms with Gasteiger partial charge in [0.2, 0.25) is 0 Å². The van der Waals surface area contributed by atoms with Gasteiger partial charge in [-0.15, -0.1) is 0 Å². The summed E-state index contributed by atoms with van der Waals surface area (Å²) >= 11 is 0. The molecule has 0 bridgehead atoms. The van der Waals surface area contributed by atoms with Gasteiger partial charge in [0.15, 0.2) is 0 Å². The lowest BCUT2D eigenvalue weighted by Crippen LogP contribution is -2.42. The maximum atomic E-state index is 5.96. The van der Waals surface area contributed by atoms with Crippen LogP contribution in [0.2, 0.25) is 0 Å². The number of nitrogens with zero attached hydrogens (tertiary/aromatic N) is 1. The summed E-state index contributed by atoms with van der Waals surface area (Å²) in [4.78, 5) is 4.67. The normalized spacial score (nSPS) is 40.0. The molecule has 0 saturated heterocycles. The minimum absolute atomic E-state index is 0.0983. The summed E-state index contributed by atoms with van der Waals surface area (Å²) in [7, 11) is 0. The molecule has 1 saturated carbocycles. The number of aliphatic imine (C=N–C) groups is 1. The standard InChI is InChI=1S/C12H13NO/c1-3-7-11-9(5-1)13-10-6-2-4-8-12(10)14-11/h1,3,5,7,10-12H,2,4,8H2. The number of fused-ring (bicyclic) bond motifs is 2. The Morgan fingerprint density at radius 2 is 2.43 bits per heavy atom. The molecule has 2 aliphatic carbocycles. The minimum atomic E-state index is 0.0983. The first-order chi connectivity index (χ1) is 6.93. The third-order valence-electron chi connectivity index (χ3n) is 2.94. The third-order valence-corrected chi connectivity index (χ3v) is 2.94. The van der Waals surface area contributed by atoms with Crippen molar-refractivity contribution in [3.8, 4) is 0 Å². The Morgan fingerprint density at radius 1 is 1.43 bits per heavy atom. The Balaban J connectivity index is 1.88. The average Bonchev–Trinajstić information content (AvgIpc) is 2.26. The van der Waals surface area contributed by atoms with Crippen molar-refractivity contribution in [1.82, 2.24) is 0 Å². The van der Waals surface area contributed by atoms with Crippen molar-refractivity contribution in [1.29, 1.82) is 0 Å². The van der Waals surface area contributed by atoms with E-state index in [0.29, 0.717) is 0 Å². The molecule has 0 aromatic heterocycles. The largest absolute Gasteiger partial charge is 0.362 e. The van der Waals surface area contributed by atoms with Crippen molar-refractivity contribution < 1.29 is 4.74 Å². The van der Waals surface area contributed by atoms with E-state index in [-0.39, 0.29) is 18.2 Å². The first-order valence-electron chi connectivity index (χ1n) is 5.25. The molecule has 3 aliphatic rings. The van der Waals surface area contributed by atoms with Gasteiger partial charge in [0, 0.05) is 6.42 Å². The van der Waals surface area contributed by atoms with E-state index < -0.39 is 0 Å². The zero-order chi connectivity index (χ0) is 9.38. The lowest BCUT2D eigenvalue weighted by molar-refractivity contribution is 0.0106. The van der Waals surface area contributed by atoms with Crippen molar-refractivity contribution in [3.05, 3.63) is 30.7 Å². The van der Waals surface area contributed by atoms with Gasteiger partial charge in [-0.25, -0.2) is 0 Å². The first-order valence-corrected chi connectivity index (χ1v) is 5.25. The second kappa shape index (κ2) is 3.35. The van der Waals surface area contributed by atoms with E-state index in [2.05, 4.69) is 17.5 Å². The number of rotatable bonds is 0. The summed E-state index contributed by atoms with van der Waals surface area (Å²) in [5, 5.41) is 0. The summed E-state index contributed by atoms with van der Waals surface area (Å²) in [5.74, 6) is 0. The van der Waals surface area contributed by atoms with Crippen molar-refractivity contribution in [2.75, 3.05) is 0 Å². The summed E-state index contributed by atoms with van der Waals surface area (Å²) in [6, 6.07) is 0.186. The smallest absolute Gasteiger partial charge is 0.118 e. The van der Waals surface area contributed by atoms with E-state index in [9.17, 15) is 0 Å². The van der Waals surface area contributed by atoms with Gasteiger partial charge >= 0.3 is 0 Å². The zero-order valence-corrected chi connectivity index (χ0v) is 8.02. The van der Waals surface area contributed by atoms with Crippen LogP contribution in [0.1, 0.15) is 19.3 Å². The molecule has 2 radical (unpaired) electrons. The lowest BCUT2D eigenvalue weighted by atomic mass is 9.90. The topological polar surface area (TPSA) is 21.6 Å². The molecule has 1 heterocycles. The quantitative estimate of drug-likeness (QED) is 0.568. The molecule has 3 rings (SSSR count). The predicted molar refractivity (Wildman–Crippen MR) is 55.3 cm³/mol.